The molecule has 4 rings (SSSR count). The second kappa shape index (κ2) is 9.69. The molecule has 1 aliphatic rings. The molecule has 1 N–H and O–H groups in total. The number of carbonyl (C=O) groups excluding carboxylic acids is 1. The summed E-state index contributed by atoms with van der Waals surface area (Å²) in [5.74, 6) is 0.579. The standard InChI is InChI=1S/C25H33N5O2/c1-17-21(18(2)26-24-23(17)25(32-4)28-29(24)3)11-12-22(31)27-20-9-7-19(8-10-20)13-16-30-14-5-6-15-30/h7-10H,5-6,11-16H2,1-4H3,(H,27,31). The number of pyridine rings is 1. The van der Waals surface area contributed by atoms with Crippen molar-refractivity contribution < 1.29 is 9.53 Å². The van der Waals surface area contributed by atoms with Gasteiger partial charge in [-0.2, -0.15) is 0 Å². The summed E-state index contributed by atoms with van der Waals surface area (Å²) in [4.78, 5) is 19.8. The molecule has 1 aliphatic heterocycles. The summed E-state index contributed by atoms with van der Waals surface area (Å²) in [5.41, 5.74) is 6.04. The molecule has 3 heterocycles. The number of nitrogens with one attached hydrogen (secondary N) is 1. The second-order valence-electron chi connectivity index (χ2n) is 8.68. The molecular weight excluding hydrogens is 402 g/mol. The summed E-state index contributed by atoms with van der Waals surface area (Å²) in [5, 5.41) is 8.34. The lowest BCUT2D eigenvalue weighted by Crippen LogP contribution is -2.21. The molecule has 32 heavy (non-hydrogen) atoms. The molecule has 2 aromatic heterocycles. The molecule has 7 heteroatoms. The molecule has 1 saturated heterocycles. The normalized spacial score (nSPS) is 14.2. The van der Waals surface area contributed by atoms with Crippen LogP contribution in [0.5, 0.6) is 5.88 Å². The van der Waals surface area contributed by atoms with E-state index in [9.17, 15) is 4.79 Å². The van der Waals surface area contributed by atoms with Gasteiger partial charge in [-0.25, -0.2) is 9.67 Å². The summed E-state index contributed by atoms with van der Waals surface area (Å²) in [6, 6.07) is 8.24. The Bertz CT molecular complexity index is 1100. The first-order valence-corrected chi connectivity index (χ1v) is 11.4. The highest BCUT2D eigenvalue weighted by molar-refractivity contribution is 5.91. The second-order valence-corrected chi connectivity index (χ2v) is 8.68. The minimum atomic E-state index is 0.00636. The number of carbonyl (C=O) groups is 1. The number of benzene rings is 1. The lowest BCUT2D eigenvalue weighted by molar-refractivity contribution is -0.116. The maximum atomic E-state index is 12.6. The van der Waals surface area contributed by atoms with Crippen molar-refractivity contribution in [2.24, 2.45) is 7.05 Å². The molecule has 1 amide bonds. The lowest BCUT2D eigenvalue weighted by atomic mass is 10.00. The quantitative estimate of drug-likeness (QED) is 0.583. The number of hydrogen-bond donors (Lipinski definition) is 1. The number of nitrogens with zero attached hydrogens (tertiary/aromatic N) is 4. The summed E-state index contributed by atoms with van der Waals surface area (Å²) < 4.78 is 7.17. The van der Waals surface area contributed by atoms with Crippen molar-refractivity contribution in [1.29, 1.82) is 0 Å². The largest absolute Gasteiger partial charge is 0.479 e. The molecule has 170 valence electrons. The van der Waals surface area contributed by atoms with Crippen molar-refractivity contribution in [2.45, 2.75) is 46.0 Å². The van der Waals surface area contributed by atoms with Crippen LogP contribution < -0.4 is 10.1 Å². The molecule has 1 aromatic carbocycles. The van der Waals surface area contributed by atoms with E-state index in [0.29, 0.717) is 18.7 Å². The van der Waals surface area contributed by atoms with E-state index in [0.717, 1.165) is 46.5 Å². The van der Waals surface area contributed by atoms with E-state index < -0.39 is 0 Å². The first-order chi connectivity index (χ1) is 15.5. The van der Waals surface area contributed by atoms with Gasteiger partial charge in [0, 0.05) is 31.4 Å². The van der Waals surface area contributed by atoms with Gasteiger partial charge in [0.1, 0.15) is 0 Å². The van der Waals surface area contributed by atoms with E-state index >= 15 is 0 Å². The van der Waals surface area contributed by atoms with Crippen LogP contribution in [0.25, 0.3) is 11.0 Å². The van der Waals surface area contributed by atoms with Crippen LogP contribution in [0.2, 0.25) is 0 Å². The van der Waals surface area contributed by atoms with Gasteiger partial charge in [0.15, 0.2) is 5.65 Å². The fraction of sp³-hybridized carbons (Fsp3) is 0.480. The number of rotatable bonds is 8. The molecule has 1 fully saturated rings. The Kier molecular flexibility index (Phi) is 6.74. The van der Waals surface area contributed by atoms with Crippen LogP contribution in [-0.4, -0.2) is 52.3 Å². The minimum Gasteiger partial charge on any atom is -0.479 e. The maximum absolute atomic E-state index is 12.6. The lowest BCUT2D eigenvalue weighted by Gasteiger charge is -2.14. The van der Waals surface area contributed by atoms with Gasteiger partial charge in [0.25, 0.3) is 0 Å². The van der Waals surface area contributed by atoms with Crippen molar-refractivity contribution in [3.63, 3.8) is 0 Å². The van der Waals surface area contributed by atoms with Gasteiger partial charge < -0.3 is 15.0 Å². The summed E-state index contributed by atoms with van der Waals surface area (Å²) in [6.45, 7) is 7.60. The van der Waals surface area contributed by atoms with Gasteiger partial charge in [0.2, 0.25) is 11.8 Å². The average Bonchev–Trinajstić information content (AvgIpc) is 3.41. The van der Waals surface area contributed by atoms with Gasteiger partial charge in [-0.15, -0.1) is 5.10 Å². The Balaban J connectivity index is 1.36. The van der Waals surface area contributed by atoms with Gasteiger partial charge in [-0.05, 0) is 81.4 Å². The van der Waals surface area contributed by atoms with E-state index in [2.05, 4.69) is 34.4 Å². The smallest absolute Gasteiger partial charge is 0.242 e. The molecule has 3 aromatic rings. The fourth-order valence-corrected chi connectivity index (χ4v) is 4.62. The zero-order chi connectivity index (χ0) is 22.7. The topological polar surface area (TPSA) is 72.3 Å². The Labute approximate surface area is 189 Å². The zero-order valence-corrected chi connectivity index (χ0v) is 19.6. The molecular formula is C25H33N5O2. The maximum Gasteiger partial charge on any atom is 0.242 e. The van der Waals surface area contributed by atoms with Gasteiger partial charge >= 0.3 is 0 Å². The van der Waals surface area contributed by atoms with Crippen LogP contribution in [0.15, 0.2) is 24.3 Å². The zero-order valence-electron chi connectivity index (χ0n) is 19.6. The molecule has 0 radical (unpaired) electrons. The van der Waals surface area contributed by atoms with Gasteiger partial charge in [-0.1, -0.05) is 12.1 Å². The van der Waals surface area contributed by atoms with E-state index in [1.54, 1.807) is 11.8 Å². The van der Waals surface area contributed by atoms with Gasteiger partial charge in [-0.3, -0.25) is 4.79 Å². The highest BCUT2D eigenvalue weighted by atomic mass is 16.5. The Morgan fingerprint density at radius 3 is 2.53 bits per heavy atom. The first-order valence-electron chi connectivity index (χ1n) is 11.4. The van der Waals surface area contributed by atoms with Crippen molar-refractivity contribution >= 4 is 22.6 Å². The number of likely N-dealkylation sites (tertiary alicyclic amines) is 1. The van der Waals surface area contributed by atoms with Crippen LogP contribution in [0.1, 0.15) is 41.6 Å². The molecule has 0 saturated carbocycles. The average molecular weight is 436 g/mol. The van der Waals surface area contributed by atoms with Gasteiger partial charge in [0.05, 0.1) is 12.5 Å². The van der Waals surface area contributed by atoms with E-state index in [1.807, 2.05) is 26.1 Å². The predicted molar refractivity (Wildman–Crippen MR) is 127 cm³/mol. The van der Waals surface area contributed by atoms with E-state index in [1.165, 1.54) is 31.5 Å². The number of fused-ring (bicyclic) bond motifs is 1. The van der Waals surface area contributed by atoms with Crippen molar-refractivity contribution in [3.05, 3.63) is 46.6 Å². The van der Waals surface area contributed by atoms with E-state index in [4.69, 9.17) is 9.72 Å². The molecule has 0 bridgehead atoms. The number of ether oxygens (including phenoxy) is 1. The van der Waals surface area contributed by atoms with Crippen LogP contribution in [0.3, 0.4) is 0 Å². The SMILES string of the molecule is COc1nn(C)c2nc(C)c(CCC(=O)Nc3ccc(CCN4CCCC4)cc3)c(C)c12. The summed E-state index contributed by atoms with van der Waals surface area (Å²) in [6.07, 6.45) is 4.72. The fourth-order valence-electron chi connectivity index (χ4n) is 4.62. The molecule has 0 atom stereocenters. The Hall–Kier alpha value is -2.93. The third-order valence-electron chi connectivity index (χ3n) is 6.47. The number of aryl methyl sites for hydroxylation is 3. The summed E-state index contributed by atoms with van der Waals surface area (Å²) in [7, 11) is 3.48. The number of aromatic nitrogens is 3. The van der Waals surface area contributed by atoms with Crippen molar-refractivity contribution in [3.8, 4) is 5.88 Å². The predicted octanol–water partition coefficient (Wildman–Crippen LogP) is 3.80. The Morgan fingerprint density at radius 2 is 1.84 bits per heavy atom. The number of methoxy groups -OCH3 is 1. The molecule has 0 unspecified atom stereocenters. The van der Waals surface area contributed by atoms with Crippen molar-refractivity contribution in [2.75, 3.05) is 32.1 Å². The Morgan fingerprint density at radius 1 is 1.12 bits per heavy atom. The van der Waals surface area contributed by atoms with Crippen LogP contribution in [0, 0.1) is 13.8 Å². The molecule has 0 spiro atoms. The van der Waals surface area contributed by atoms with Crippen LogP contribution in [0.4, 0.5) is 5.69 Å². The summed E-state index contributed by atoms with van der Waals surface area (Å²) >= 11 is 0. The number of anilines is 1. The third-order valence-corrected chi connectivity index (χ3v) is 6.47. The van der Waals surface area contributed by atoms with Crippen molar-refractivity contribution in [1.82, 2.24) is 19.7 Å². The monoisotopic (exact) mass is 435 g/mol. The highest BCUT2D eigenvalue weighted by Crippen LogP contribution is 2.30. The first kappa shape index (κ1) is 22.3. The third kappa shape index (κ3) is 4.78. The molecule has 0 aliphatic carbocycles. The molecule has 7 nitrogen and oxygen atoms in total. The highest BCUT2D eigenvalue weighted by Gasteiger charge is 2.18. The number of amides is 1. The van der Waals surface area contributed by atoms with E-state index in [-0.39, 0.29) is 5.91 Å². The van der Waals surface area contributed by atoms with Crippen LogP contribution >= 0.6 is 0 Å². The minimum absolute atomic E-state index is 0.00636. The number of hydrogen-bond acceptors (Lipinski definition) is 5. The van der Waals surface area contributed by atoms with Crippen LogP contribution in [-0.2, 0) is 24.7 Å².